The van der Waals surface area contributed by atoms with Gasteiger partial charge in [-0.3, -0.25) is 9.59 Å². The van der Waals surface area contributed by atoms with Crippen LogP contribution in [0, 0.1) is 6.92 Å². The van der Waals surface area contributed by atoms with Crippen molar-refractivity contribution < 1.29 is 9.59 Å². The van der Waals surface area contributed by atoms with Crippen molar-refractivity contribution in [1.82, 2.24) is 10.2 Å². The first-order valence-electron chi connectivity index (χ1n) is 14.2. The molecule has 0 unspecified atom stereocenters. The molecule has 1 aliphatic rings. The highest BCUT2D eigenvalue weighted by molar-refractivity contribution is 5.89. The van der Waals surface area contributed by atoms with Crippen molar-refractivity contribution in [2.24, 2.45) is 0 Å². The van der Waals surface area contributed by atoms with E-state index in [1.165, 1.54) is 10.8 Å². The lowest BCUT2D eigenvalue weighted by molar-refractivity contribution is -0.141. The van der Waals surface area contributed by atoms with E-state index in [-0.39, 0.29) is 17.9 Å². The van der Waals surface area contributed by atoms with Crippen LogP contribution in [0.4, 0.5) is 0 Å². The zero-order chi connectivity index (χ0) is 27.0. The third-order valence-corrected chi connectivity index (χ3v) is 7.90. The summed E-state index contributed by atoms with van der Waals surface area (Å²) in [5.74, 6) is -0.0381. The van der Waals surface area contributed by atoms with E-state index in [1.807, 2.05) is 59.5 Å². The number of hydrogen-bond acceptors (Lipinski definition) is 2. The molecule has 0 spiro atoms. The molecular weight excluding hydrogens is 480 g/mol. The maximum absolute atomic E-state index is 14.1. The van der Waals surface area contributed by atoms with Crippen molar-refractivity contribution in [2.45, 2.75) is 70.5 Å². The molecule has 1 saturated carbocycles. The van der Waals surface area contributed by atoms with E-state index in [4.69, 9.17) is 0 Å². The molecule has 0 heterocycles. The van der Waals surface area contributed by atoms with Crippen LogP contribution < -0.4 is 5.32 Å². The Balaban J connectivity index is 1.44. The number of benzene rings is 4. The van der Waals surface area contributed by atoms with Crippen LogP contribution >= 0.6 is 0 Å². The molecule has 4 heteroatoms. The van der Waals surface area contributed by atoms with Gasteiger partial charge < -0.3 is 10.2 Å². The number of nitrogens with one attached hydrogen (secondary N) is 1. The molecule has 1 N–H and O–H groups in total. The number of hydrogen-bond donors (Lipinski definition) is 1. The molecule has 0 aliphatic heterocycles. The summed E-state index contributed by atoms with van der Waals surface area (Å²) in [6.45, 7) is 2.47. The van der Waals surface area contributed by atoms with E-state index < -0.39 is 6.04 Å². The van der Waals surface area contributed by atoms with Gasteiger partial charge in [0, 0.05) is 25.4 Å². The monoisotopic (exact) mass is 518 g/mol. The quantitative estimate of drug-likeness (QED) is 0.252. The highest BCUT2D eigenvalue weighted by atomic mass is 16.2. The van der Waals surface area contributed by atoms with Gasteiger partial charge >= 0.3 is 0 Å². The summed E-state index contributed by atoms with van der Waals surface area (Å²) in [5.41, 5.74) is 4.40. The first-order valence-corrected chi connectivity index (χ1v) is 14.2. The van der Waals surface area contributed by atoms with Crippen molar-refractivity contribution in [3.05, 3.63) is 119 Å². The fraction of sp³-hybridized carbons (Fsp3) is 0.314. The highest BCUT2D eigenvalue weighted by Gasteiger charge is 2.32. The molecular formula is C35H38N2O2. The summed E-state index contributed by atoms with van der Waals surface area (Å²) in [4.78, 5) is 29.7. The van der Waals surface area contributed by atoms with Gasteiger partial charge in [-0.05, 0) is 53.6 Å². The number of aryl methyl sites for hydroxylation is 2. The Morgan fingerprint density at radius 3 is 2.33 bits per heavy atom. The van der Waals surface area contributed by atoms with Gasteiger partial charge in [0.2, 0.25) is 11.8 Å². The van der Waals surface area contributed by atoms with Gasteiger partial charge in [-0.2, -0.15) is 0 Å². The molecule has 4 aromatic rings. The van der Waals surface area contributed by atoms with Crippen molar-refractivity contribution in [3.63, 3.8) is 0 Å². The molecule has 39 heavy (non-hydrogen) atoms. The van der Waals surface area contributed by atoms with Crippen LogP contribution in [0.2, 0.25) is 0 Å². The van der Waals surface area contributed by atoms with Crippen LogP contribution in [0.3, 0.4) is 0 Å². The minimum absolute atomic E-state index is 0.00643. The standard InChI is InChI=1S/C35H38N2O2/c1-26-11-9-14-28(23-26)25-37(34(38)22-21-30-17-10-16-29-15-5-8-20-32(29)30)33(24-27-12-3-2-4-13-27)35(39)36-31-18-6-7-19-31/h2-5,8-17,20,23,31,33H,6-7,18-19,21-22,24-25H2,1H3,(H,36,39)/t33-/m1/s1. The normalized spacial score (nSPS) is 14.3. The SMILES string of the molecule is Cc1cccc(CN(C(=O)CCc2cccc3ccccc23)[C@H](Cc2ccccc2)C(=O)NC2CCCC2)c1. The fourth-order valence-corrected chi connectivity index (χ4v) is 5.82. The Hall–Kier alpha value is -3.92. The van der Waals surface area contributed by atoms with E-state index >= 15 is 0 Å². The van der Waals surface area contributed by atoms with E-state index in [0.29, 0.717) is 25.8 Å². The molecule has 0 radical (unpaired) electrons. The van der Waals surface area contributed by atoms with E-state index in [9.17, 15) is 9.59 Å². The Bertz CT molecular complexity index is 1400. The Kier molecular flexibility index (Phi) is 8.72. The average molecular weight is 519 g/mol. The summed E-state index contributed by atoms with van der Waals surface area (Å²) in [6, 6.07) is 32.5. The van der Waals surface area contributed by atoms with Crippen LogP contribution in [0.1, 0.15) is 54.4 Å². The molecule has 5 rings (SSSR count). The highest BCUT2D eigenvalue weighted by Crippen LogP contribution is 2.23. The van der Waals surface area contributed by atoms with Gasteiger partial charge in [0.1, 0.15) is 6.04 Å². The second-order valence-corrected chi connectivity index (χ2v) is 10.8. The molecule has 200 valence electrons. The van der Waals surface area contributed by atoms with Gasteiger partial charge in [0.05, 0.1) is 0 Å². The summed E-state index contributed by atoms with van der Waals surface area (Å²) in [7, 11) is 0. The van der Waals surface area contributed by atoms with E-state index in [0.717, 1.165) is 47.9 Å². The summed E-state index contributed by atoms with van der Waals surface area (Å²) in [6.07, 6.45) is 5.78. The van der Waals surface area contributed by atoms with E-state index in [2.05, 4.69) is 54.7 Å². The van der Waals surface area contributed by atoms with Crippen molar-refractivity contribution in [3.8, 4) is 0 Å². The van der Waals surface area contributed by atoms with Gasteiger partial charge in [-0.25, -0.2) is 0 Å². The zero-order valence-corrected chi connectivity index (χ0v) is 22.8. The molecule has 2 amide bonds. The topological polar surface area (TPSA) is 49.4 Å². The van der Waals surface area contributed by atoms with Crippen molar-refractivity contribution >= 4 is 22.6 Å². The second-order valence-electron chi connectivity index (χ2n) is 10.8. The van der Waals surface area contributed by atoms with Crippen LogP contribution in [-0.2, 0) is 29.0 Å². The van der Waals surface area contributed by atoms with Gasteiger partial charge in [0.25, 0.3) is 0 Å². The lowest BCUT2D eigenvalue weighted by Gasteiger charge is -2.32. The number of carbonyl (C=O) groups excluding carboxylic acids is 2. The number of carbonyl (C=O) groups is 2. The molecule has 4 nitrogen and oxygen atoms in total. The molecule has 4 aromatic carbocycles. The number of amides is 2. The molecule has 0 saturated heterocycles. The third-order valence-electron chi connectivity index (χ3n) is 7.90. The Labute approximate surface area is 232 Å². The molecule has 0 bridgehead atoms. The van der Waals surface area contributed by atoms with Gasteiger partial charge in [0.15, 0.2) is 0 Å². The average Bonchev–Trinajstić information content (AvgIpc) is 3.47. The largest absolute Gasteiger partial charge is 0.352 e. The van der Waals surface area contributed by atoms with Crippen LogP contribution in [-0.4, -0.2) is 28.8 Å². The minimum Gasteiger partial charge on any atom is -0.352 e. The smallest absolute Gasteiger partial charge is 0.243 e. The van der Waals surface area contributed by atoms with E-state index in [1.54, 1.807) is 0 Å². The molecule has 1 aliphatic carbocycles. The third kappa shape index (κ3) is 6.94. The maximum atomic E-state index is 14.1. The summed E-state index contributed by atoms with van der Waals surface area (Å²) in [5, 5.41) is 5.65. The van der Waals surface area contributed by atoms with Crippen LogP contribution in [0.25, 0.3) is 10.8 Å². The van der Waals surface area contributed by atoms with Crippen LogP contribution in [0.15, 0.2) is 97.1 Å². The predicted octanol–water partition coefficient (Wildman–Crippen LogP) is 6.78. The summed E-state index contributed by atoms with van der Waals surface area (Å²) < 4.78 is 0. The first kappa shape index (κ1) is 26.7. The lowest BCUT2D eigenvalue weighted by atomic mass is 9.99. The summed E-state index contributed by atoms with van der Waals surface area (Å²) >= 11 is 0. The van der Waals surface area contributed by atoms with Gasteiger partial charge in [-0.1, -0.05) is 115 Å². The van der Waals surface area contributed by atoms with Crippen molar-refractivity contribution in [2.75, 3.05) is 0 Å². The predicted molar refractivity (Wildman–Crippen MR) is 158 cm³/mol. The lowest BCUT2D eigenvalue weighted by Crippen LogP contribution is -2.52. The fourth-order valence-electron chi connectivity index (χ4n) is 5.82. The number of rotatable bonds is 10. The molecule has 1 atom stereocenters. The molecule has 0 aromatic heterocycles. The van der Waals surface area contributed by atoms with Gasteiger partial charge in [-0.15, -0.1) is 0 Å². The Morgan fingerprint density at radius 2 is 1.54 bits per heavy atom. The second kappa shape index (κ2) is 12.8. The zero-order valence-electron chi connectivity index (χ0n) is 22.8. The maximum Gasteiger partial charge on any atom is 0.243 e. The number of fused-ring (bicyclic) bond motifs is 1. The van der Waals surface area contributed by atoms with Crippen molar-refractivity contribution in [1.29, 1.82) is 0 Å². The first-order chi connectivity index (χ1) is 19.1. The Morgan fingerprint density at radius 1 is 0.846 bits per heavy atom. The molecule has 1 fully saturated rings. The minimum atomic E-state index is -0.575. The van der Waals surface area contributed by atoms with Crippen LogP contribution in [0.5, 0.6) is 0 Å². The number of nitrogens with zero attached hydrogens (tertiary/aromatic N) is 1.